The number of nitrogen functional groups attached to an aromatic ring is 1. The van der Waals surface area contributed by atoms with E-state index in [-0.39, 0.29) is 24.4 Å². The Morgan fingerprint density at radius 3 is 2.89 bits per heavy atom. The highest BCUT2D eigenvalue weighted by molar-refractivity contribution is 5.99. The lowest BCUT2D eigenvalue weighted by Gasteiger charge is -2.21. The van der Waals surface area contributed by atoms with Crippen LogP contribution in [-0.2, 0) is 4.74 Å². The molecule has 0 fully saturated rings. The number of anilines is 1. The Bertz CT molecular complexity index is 426. The molecule has 0 bridgehead atoms. The van der Waals surface area contributed by atoms with Gasteiger partial charge in [-0.3, -0.25) is 4.79 Å². The normalized spacial score (nSPS) is 12.2. The third kappa shape index (κ3) is 3.41. The van der Waals surface area contributed by atoms with Crippen molar-refractivity contribution in [3.63, 3.8) is 0 Å². The lowest BCUT2D eigenvalue weighted by Crippen LogP contribution is -2.36. The van der Waals surface area contributed by atoms with E-state index in [0.29, 0.717) is 0 Å². The maximum atomic E-state index is 13.2. The number of para-hydroxylation sites is 1. The van der Waals surface area contributed by atoms with Gasteiger partial charge in [0.2, 0.25) is 0 Å². The average molecular weight is 256 g/mol. The Hall–Kier alpha value is -1.66. The number of aliphatic hydroxyl groups excluding tert-OH is 1. The first-order valence-corrected chi connectivity index (χ1v) is 5.43. The number of benzene rings is 1. The van der Waals surface area contributed by atoms with E-state index in [2.05, 4.69) is 0 Å². The number of ether oxygens (including phenoxy) is 1. The van der Waals surface area contributed by atoms with Gasteiger partial charge in [0.1, 0.15) is 5.82 Å². The van der Waals surface area contributed by atoms with Crippen LogP contribution >= 0.6 is 0 Å². The minimum absolute atomic E-state index is 0.0853. The zero-order valence-corrected chi connectivity index (χ0v) is 10.4. The van der Waals surface area contributed by atoms with Gasteiger partial charge in [0.05, 0.1) is 24.0 Å². The number of aliphatic hydroxyl groups is 1. The number of carbonyl (C=O) groups is 1. The molecule has 0 radical (unpaired) electrons. The number of nitrogens with zero attached hydrogens (tertiary/aromatic N) is 1. The number of hydrogen-bond donors (Lipinski definition) is 2. The Morgan fingerprint density at radius 2 is 2.28 bits per heavy atom. The summed E-state index contributed by atoms with van der Waals surface area (Å²) in [6.07, 6.45) is -0.793. The van der Waals surface area contributed by atoms with Gasteiger partial charge in [0.25, 0.3) is 5.91 Å². The highest BCUT2D eigenvalue weighted by atomic mass is 19.1. The minimum Gasteiger partial charge on any atom is -0.396 e. The topological polar surface area (TPSA) is 75.8 Å². The van der Waals surface area contributed by atoms with Gasteiger partial charge < -0.3 is 20.5 Å². The van der Waals surface area contributed by atoms with E-state index in [0.717, 1.165) is 0 Å². The third-order valence-corrected chi connectivity index (χ3v) is 2.47. The van der Waals surface area contributed by atoms with Gasteiger partial charge in [0, 0.05) is 20.7 Å². The van der Waals surface area contributed by atoms with E-state index >= 15 is 0 Å². The van der Waals surface area contributed by atoms with Crippen LogP contribution in [0.4, 0.5) is 10.1 Å². The van der Waals surface area contributed by atoms with Crippen LogP contribution in [0.15, 0.2) is 18.2 Å². The van der Waals surface area contributed by atoms with Crippen molar-refractivity contribution in [3.05, 3.63) is 29.6 Å². The highest BCUT2D eigenvalue weighted by Crippen LogP contribution is 2.17. The van der Waals surface area contributed by atoms with Crippen LogP contribution < -0.4 is 5.73 Å². The Balaban J connectivity index is 2.77. The molecule has 0 saturated carbocycles. The molecule has 1 rings (SSSR count). The van der Waals surface area contributed by atoms with Crippen LogP contribution in [0.2, 0.25) is 0 Å². The molecule has 1 aromatic carbocycles. The monoisotopic (exact) mass is 256 g/mol. The fraction of sp³-hybridized carbons (Fsp3) is 0.417. The molecule has 18 heavy (non-hydrogen) atoms. The number of halogens is 1. The summed E-state index contributed by atoms with van der Waals surface area (Å²) in [6.45, 7) is 0.207. The molecular weight excluding hydrogens is 239 g/mol. The summed E-state index contributed by atoms with van der Waals surface area (Å²) in [5.41, 5.74) is 5.40. The molecule has 3 N–H and O–H groups in total. The molecule has 6 heteroatoms. The predicted octanol–water partition coefficient (Wildman–Crippen LogP) is 0.487. The largest absolute Gasteiger partial charge is 0.396 e. The van der Waals surface area contributed by atoms with Crippen LogP contribution in [0.3, 0.4) is 0 Å². The van der Waals surface area contributed by atoms with Crippen molar-refractivity contribution in [2.75, 3.05) is 33.0 Å². The highest BCUT2D eigenvalue weighted by Gasteiger charge is 2.18. The molecule has 100 valence electrons. The molecular formula is C12H17FN2O3. The molecule has 0 aliphatic carbocycles. The second kappa shape index (κ2) is 6.32. The number of hydrogen-bond acceptors (Lipinski definition) is 4. The fourth-order valence-corrected chi connectivity index (χ4v) is 1.57. The van der Waals surface area contributed by atoms with Gasteiger partial charge in [-0.2, -0.15) is 0 Å². The van der Waals surface area contributed by atoms with Crippen molar-refractivity contribution in [2.24, 2.45) is 0 Å². The summed E-state index contributed by atoms with van der Waals surface area (Å²) in [6, 6.07) is 4.05. The molecule has 1 unspecified atom stereocenters. The van der Waals surface area contributed by atoms with Crippen molar-refractivity contribution in [1.82, 2.24) is 4.90 Å². The van der Waals surface area contributed by atoms with Crippen LogP contribution in [0.1, 0.15) is 10.4 Å². The van der Waals surface area contributed by atoms with Crippen LogP contribution in [-0.4, -0.2) is 49.3 Å². The summed E-state index contributed by atoms with van der Waals surface area (Å²) >= 11 is 0. The second-order valence-corrected chi connectivity index (χ2v) is 4.00. The van der Waals surface area contributed by atoms with Crippen LogP contribution in [0, 0.1) is 5.82 Å². The summed E-state index contributed by atoms with van der Waals surface area (Å²) in [7, 11) is 2.96. The van der Waals surface area contributed by atoms with Gasteiger partial charge in [-0.15, -0.1) is 0 Å². The molecule has 0 spiro atoms. The lowest BCUT2D eigenvalue weighted by atomic mass is 10.1. The van der Waals surface area contributed by atoms with E-state index in [9.17, 15) is 14.3 Å². The van der Waals surface area contributed by atoms with Gasteiger partial charge in [0.15, 0.2) is 0 Å². The molecule has 0 aliphatic rings. The summed E-state index contributed by atoms with van der Waals surface area (Å²) < 4.78 is 18.0. The van der Waals surface area contributed by atoms with Crippen LogP contribution in [0.5, 0.6) is 0 Å². The van der Waals surface area contributed by atoms with E-state index in [1.807, 2.05) is 0 Å². The fourth-order valence-electron chi connectivity index (χ4n) is 1.57. The average Bonchev–Trinajstić information content (AvgIpc) is 2.32. The molecule has 1 atom stereocenters. The number of methoxy groups -OCH3 is 1. The summed E-state index contributed by atoms with van der Waals surface area (Å²) in [5, 5.41) is 9.52. The summed E-state index contributed by atoms with van der Waals surface area (Å²) in [4.78, 5) is 13.3. The van der Waals surface area contributed by atoms with Gasteiger partial charge in [-0.05, 0) is 12.1 Å². The zero-order chi connectivity index (χ0) is 13.7. The van der Waals surface area contributed by atoms with Crippen molar-refractivity contribution in [3.8, 4) is 0 Å². The molecule has 0 aliphatic heterocycles. The number of likely N-dealkylation sites (N-methyl/N-ethyl adjacent to an activating group) is 1. The standard InChI is InChI=1S/C12H17FN2O3/c1-15(6-8(16)7-18-2)12(17)9-4-3-5-10(13)11(9)14/h3-5,8,16H,6-7,14H2,1-2H3. The Kier molecular flexibility index (Phi) is 5.06. The number of amides is 1. The predicted molar refractivity (Wildman–Crippen MR) is 65.7 cm³/mol. The zero-order valence-electron chi connectivity index (χ0n) is 10.4. The van der Waals surface area contributed by atoms with Gasteiger partial charge in [-0.25, -0.2) is 4.39 Å². The van der Waals surface area contributed by atoms with Gasteiger partial charge >= 0.3 is 0 Å². The lowest BCUT2D eigenvalue weighted by molar-refractivity contribution is 0.0380. The second-order valence-electron chi connectivity index (χ2n) is 4.00. The Morgan fingerprint density at radius 1 is 1.61 bits per heavy atom. The molecule has 1 amide bonds. The van der Waals surface area contributed by atoms with Crippen molar-refractivity contribution >= 4 is 11.6 Å². The first-order chi connectivity index (χ1) is 8.47. The minimum atomic E-state index is -0.793. The smallest absolute Gasteiger partial charge is 0.255 e. The quantitative estimate of drug-likeness (QED) is 0.752. The van der Waals surface area contributed by atoms with Crippen LogP contribution in [0.25, 0.3) is 0 Å². The van der Waals surface area contributed by atoms with E-state index < -0.39 is 17.8 Å². The van der Waals surface area contributed by atoms with E-state index in [1.54, 1.807) is 0 Å². The van der Waals surface area contributed by atoms with Crippen molar-refractivity contribution in [2.45, 2.75) is 6.10 Å². The SMILES string of the molecule is COCC(O)CN(C)C(=O)c1cccc(F)c1N. The molecule has 0 aromatic heterocycles. The number of carbonyl (C=O) groups excluding carboxylic acids is 1. The van der Waals surface area contributed by atoms with E-state index in [4.69, 9.17) is 10.5 Å². The third-order valence-electron chi connectivity index (χ3n) is 2.47. The molecule has 5 nitrogen and oxygen atoms in total. The molecule has 0 heterocycles. The van der Waals surface area contributed by atoms with Crippen molar-refractivity contribution < 1.29 is 19.0 Å². The number of nitrogens with two attached hydrogens (primary N) is 1. The van der Waals surface area contributed by atoms with Gasteiger partial charge in [-0.1, -0.05) is 6.07 Å². The maximum absolute atomic E-state index is 13.2. The van der Waals surface area contributed by atoms with E-state index in [1.165, 1.54) is 37.3 Å². The molecule has 0 saturated heterocycles. The molecule has 1 aromatic rings. The maximum Gasteiger partial charge on any atom is 0.255 e. The summed E-state index contributed by atoms with van der Waals surface area (Å²) in [5.74, 6) is -1.08. The first-order valence-electron chi connectivity index (χ1n) is 5.43. The number of rotatable bonds is 5. The first kappa shape index (κ1) is 14.4. The van der Waals surface area contributed by atoms with Crippen molar-refractivity contribution in [1.29, 1.82) is 0 Å². The Labute approximate surface area is 105 Å².